The highest BCUT2D eigenvalue weighted by Gasteiger charge is 2.47. The number of hydrogen-bond acceptors (Lipinski definition) is 5. The summed E-state index contributed by atoms with van der Waals surface area (Å²) in [7, 11) is 0. The van der Waals surface area contributed by atoms with Crippen LogP contribution in [-0.2, 0) is 9.59 Å². The lowest BCUT2D eigenvalue weighted by molar-refractivity contribution is -0.132. The van der Waals surface area contributed by atoms with Crippen molar-refractivity contribution in [2.75, 3.05) is 11.5 Å². The topological polar surface area (TPSA) is 76.1 Å². The maximum absolute atomic E-state index is 13.7. The van der Waals surface area contributed by atoms with Gasteiger partial charge in [0.05, 0.1) is 18.2 Å². The van der Waals surface area contributed by atoms with E-state index in [0.29, 0.717) is 40.7 Å². The average Bonchev–Trinajstić information content (AvgIpc) is 3.23. The molecule has 7 heteroatoms. The van der Waals surface area contributed by atoms with Gasteiger partial charge in [0.1, 0.15) is 28.8 Å². The van der Waals surface area contributed by atoms with Crippen LogP contribution in [-0.4, -0.2) is 23.4 Å². The third-order valence-electron chi connectivity index (χ3n) is 6.28. The Morgan fingerprint density at radius 2 is 1.54 bits per heavy atom. The fourth-order valence-electron chi connectivity index (χ4n) is 4.50. The van der Waals surface area contributed by atoms with Crippen LogP contribution in [0.1, 0.15) is 30.5 Å². The van der Waals surface area contributed by atoms with Crippen molar-refractivity contribution < 1.29 is 28.6 Å². The maximum atomic E-state index is 13.7. The highest BCUT2D eigenvalue weighted by Crippen LogP contribution is 2.43. The minimum absolute atomic E-state index is 0.0890. The largest absolute Gasteiger partial charge is 0.507 e. The molecule has 1 aliphatic heterocycles. The first-order chi connectivity index (χ1) is 19.0. The zero-order chi connectivity index (χ0) is 27.4. The number of aliphatic hydroxyl groups excluding tert-OH is 1. The number of rotatable bonds is 8. The lowest BCUT2D eigenvalue weighted by Gasteiger charge is -2.26. The Morgan fingerprint density at radius 3 is 2.28 bits per heavy atom. The monoisotopic (exact) mass is 523 g/mol. The number of anilines is 1. The van der Waals surface area contributed by atoms with Gasteiger partial charge in [-0.25, -0.2) is 4.39 Å². The zero-order valence-electron chi connectivity index (χ0n) is 21.2. The number of para-hydroxylation sites is 1. The van der Waals surface area contributed by atoms with Crippen LogP contribution < -0.4 is 14.4 Å². The predicted octanol–water partition coefficient (Wildman–Crippen LogP) is 7.03. The van der Waals surface area contributed by atoms with E-state index in [2.05, 4.69) is 0 Å². The van der Waals surface area contributed by atoms with Crippen LogP contribution in [0.2, 0.25) is 0 Å². The van der Waals surface area contributed by atoms with Gasteiger partial charge in [-0.2, -0.15) is 0 Å². The van der Waals surface area contributed by atoms with Gasteiger partial charge in [0, 0.05) is 11.3 Å². The molecule has 1 N–H and O–H groups in total. The summed E-state index contributed by atoms with van der Waals surface area (Å²) in [4.78, 5) is 28.1. The number of ether oxygens (including phenoxy) is 2. The van der Waals surface area contributed by atoms with Crippen molar-refractivity contribution >= 4 is 23.1 Å². The van der Waals surface area contributed by atoms with E-state index < -0.39 is 23.5 Å². The van der Waals surface area contributed by atoms with Crippen molar-refractivity contribution in [3.63, 3.8) is 0 Å². The minimum atomic E-state index is -0.991. The molecule has 196 valence electrons. The van der Waals surface area contributed by atoms with Gasteiger partial charge >= 0.3 is 0 Å². The lowest BCUT2D eigenvalue weighted by atomic mass is 9.95. The van der Waals surface area contributed by atoms with Gasteiger partial charge in [0.15, 0.2) is 0 Å². The Bertz CT molecular complexity index is 1530. The van der Waals surface area contributed by atoms with Crippen molar-refractivity contribution in [2.45, 2.75) is 19.4 Å². The predicted molar refractivity (Wildman–Crippen MR) is 146 cm³/mol. The molecule has 1 atom stereocenters. The number of halogens is 1. The standard InChI is InChI=1S/C32H26FNO5/c1-2-18-38-26-12-7-9-22(20-26)30(35)28-29(34(32(37)31(28)36)24-16-14-23(33)15-17-24)21-8-6-13-27(19-21)39-25-10-4-3-5-11-25/h3-17,19-20,29,35H,2,18H2,1H3/b30-28-. The van der Waals surface area contributed by atoms with Crippen molar-refractivity contribution in [1.82, 2.24) is 0 Å². The van der Waals surface area contributed by atoms with Crippen LogP contribution in [0, 0.1) is 5.82 Å². The van der Waals surface area contributed by atoms with E-state index in [0.717, 1.165) is 6.42 Å². The quantitative estimate of drug-likeness (QED) is 0.152. The van der Waals surface area contributed by atoms with Crippen molar-refractivity contribution in [3.8, 4) is 17.2 Å². The van der Waals surface area contributed by atoms with Crippen LogP contribution in [0.25, 0.3) is 5.76 Å². The van der Waals surface area contributed by atoms with Crippen molar-refractivity contribution in [2.24, 2.45) is 0 Å². The van der Waals surface area contributed by atoms with Crippen molar-refractivity contribution in [1.29, 1.82) is 0 Å². The molecule has 1 aliphatic rings. The molecule has 6 nitrogen and oxygen atoms in total. The molecule has 0 radical (unpaired) electrons. The van der Waals surface area contributed by atoms with Gasteiger partial charge in [0.25, 0.3) is 11.7 Å². The summed E-state index contributed by atoms with van der Waals surface area (Å²) in [5.74, 6) is -0.863. The van der Waals surface area contributed by atoms with Gasteiger partial charge in [-0.15, -0.1) is 0 Å². The Labute approximate surface area is 225 Å². The van der Waals surface area contributed by atoms with E-state index in [9.17, 15) is 19.1 Å². The second-order valence-electron chi connectivity index (χ2n) is 9.01. The number of Topliss-reactive ketones (excluding diaryl/α,β-unsaturated/α-hetero) is 1. The third kappa shape index (κ3) is 5.38. The molecule has 1 saturated heterocycles. The number of nitrogens with zero attached hydrogens (tertiary/aromatic N) is 1. The molecule has 0 spiro atoms. The molecule has 1 fully saturated rings. The fourth-order valence-corrected chi connectivity index (χ4v) is 4.50. The lowest BCUT2D eigenvalue weighted by Crippen LogP contribution is -2.29. The fraction of sp³-hybridized carbons (Fsp3) is 0.125. The molecule has 0 saturated carbocycles. The molecule has 4 aromatic carbocycles. The summed E-state index contributed by atoms with van der Waals surface area (Å²) < 4.78 is 25.4. The second kappa shape index (κ2) is 11.2. The maximum Gasteiger partial charge on any atom is 0.300 e. The van der Waals surface area contributed by atoms with E-state index >= 15 is 0 Å². The van der Waals surface area contributed by atoms with Gasteiger partial charge in [0.2, 0.25) is 0 Å². The van der Waals surface area contributed by atoms with Crippen LogP contribution in [0.5, 0.6) is 17.2 Å². The number of ketones is 1. The van der Waals surface area contributed by atoms with Crippen LogP contribution >= 0.6 is 0 Å². The first-order valence-corrected chi connectivity index (χ1v) is 12.6. The van der Waals surface area contributed by atoms with E-state index in [1.165, 1.54) is 29.2 Å². The zero-order valence-corrected chi connectivity index (χ0v) is 21.2. The molecular weight excluding hydrogens is 497 g/mol. The molecule has 5 rings (SSSR count). The van der Waals surface area contributed by atoms with Gasteiger partial charge in [-0.05, 0) is 72.6 Å². The first kappa shape index (κ1) is 25.7. The van der Waals surface area contributed by atoms with E-state index in [-0.39, 0.29) is 11.3 Å². The van der Waals surface area contributed by atoms with Crippen LogP contribution in [0.4, 0.5) is 10.1 Å². The SMILES string of the molecule is CCCOc1cccc(/C(O)=C2/C(=O)C(=O)N(c3ccc(F)cc3)C2c2cccc(Oc3ccccc3)c2)c1. The summed E-state index contributed by atoms with van der Waals surface area (Å²) in [5, 5.41) is 11.4. The van der Waals surface area contributed by atoms with Gasteiger partial charge in [-0.3, -0.25) is 14.5 Å². The first-order valence-electron chi connectivity index (χ1n) is 12.6. The number of hydrogen-bond donors (Lipinski definition) is 1. The van der Waals surface area contributed by atoms with Crippen LogP contribution in [0.3, 0.4) is 0 Å². The highest BCUT2D eigenvalue weighted by atomic mass is 19.1. The van der Waals surface area contributed by atoms with Crippen LogP contribution in [0.15, 0.2) is 109 Å². The molecule has 4 aromatic rings. The Hall–Kier alpha value is -4.91. The molecule has 1 amide bonds. The van der Waals surface area contributed by atoms with E-state index in [1.807, 2.05) is 37.3 Å². The van der Waals surface area contributed by atoms with E-state index in [1.54, 1.807) is 48.5 Å². The molecular formula is C32H26FNO5. The number of benzene rings is 4. The van der Waals surface area contributed by atoms with Gasteiger partial charge in [-0.1, -0.05) is 49.4 Å². The number of carbonyl (C=O) groups excluding carboxylic acids is 2. The summed E-state index contributed by atoms with van der Waals surface area (Å²) in [6.45, 7) is 2.48. The average molecular weight is 524 g/mol. The third-order valence-corrected chi connectivity index (χ3v) is 6.28. The van der Waals surface area contributed by atoms with Gasteiger partial charge < -0.3 is 14.6 Å². The highest BCUT2D eigenvalue weighted by molar-refractivity contribution is 6.51. The molecule has 0 bridgehead atoms. The van der Waals surface area contributed by atoms with E-state index in [4.69, 9.17) is 9.47 Å². The van der Waals surface area contributed by atoms with Crippen molar-refractivity contribution in [3.05, 3.63) is 126 Å². The molecule has 0 aliphatic carbocycles. The Balaban J connectivity index is 1.64. The summed E-state index contributed by atoms with van der Waals surface area (Å²) >= 11 is 0. The molecule has 39 heavy (non-hydrogen) atoms. The number of carbonyl (C=O) groups is 2. The summed E-state index contributed by atoms with van der Waals surface area (Å²) in [6.07, 6.45) is 0.806. The Morgan fingerprint density at radius 1 is 0.846 bits per heavy atom. The number of amides is 1. The minimum Gasteiger partial charge on any atom is -0.507 e. The normalized spacial score (nSPS) is 16.4. The Kier molecular flexibility index (Phi) is 7.41. The second-order valence-corrected chi connectivity index (χ2v) is 9.01. The number of aliphatic hydroxyl groups is 1. The summed E-state index contributed by atoms with van der Waals surface area (Å²) in [6, 6.07) is 27.2. The molecule has 1 heterocycles. The smallest absolute Gasteiger partial charge is 0.300 e. The molecule has 0 aromatic heterocycles. The molecule has 1 unspecified atom stereocenters. The summed E-state index contributed by atoms with van der Waals surface area (Å²) in [5.41, 5.74) is 1.10.